The molecule has 0 radical (unpaired) electrons. The molecular formula is C13H10Cl2O4. The Balaban J connectivity index is 2.15. The molecular weight excluding hydrogens is 291 g/mol. The van der Waals surface area contributed by atoms with Gasteiger partial charge in [-0.3, -0.25) is 0 Å². The van der Waals surface area contributed by atoms with Crippen molar-refractivity contribution in [2.75, 3.05) is 7.11 Å². The zero-order chi connectivity index (χ0) is 13.8. The van der Waals surface area contributed by atoms with Crippen molar-refractivity contribution >= 4 is 29.2 Å². The molecule has 0 fully saturated rings. The zero-order valence-electron chi connectivity index (χ0n) is 9.98. The summed E-state index contributed by atoms with van der Waals surface area (Å²) in [5.74, 6) is 0.207. The van der Waals surface area contributed by atoms with E-state index in [1.165, 1.54) is 19.4 Å². The highest BCUT2D eigenvalue weighted by atomic mass is 35.5. The standard InChI is InChI=1S/C13H10Cl2O4/c1-17-13(16)8-5-6-18-11(8)7-19-12-9(14)3-2-4-10(12)15/h2-6H,7H2,1H3. The third-order valence-electron chi connectivity index (χ3n) is 2.42. The number of esters is 1. The topological polar surface area (TPSA) is 48.7 Å². The number of furan rings is 1. The largest absolute Gasteiger partial charge is 0.482 e. The Morgan fingerprint density at radius 1 is 1.26 bits per heavy atom. The number of para-hydroxylation sites is 1. The molecule has 0 aliphatic carbocycles. The molecule has 0 amide bonds. The second-order valence-electron chi connectivity index (χ2n) is 3.59. The Hall–Kier alpha value is -1.65. The Kier molecular flexibility index (Phi) is 4.35. The van der Waals surface area contributed by atoms with E-state index in [2.05, 4.69) is 4.74 Å². The molecule has 0 aliphatic heterocycles. The van der Waals surface area contributed by atoms with E-state index in [9.17, 15) is 4.79 Å². The van der Waals surface area contributed by atoms with E-state index in [1.807, 2.05) is 0 Å². The number of carbonyl (C=O) groups is 1. The molecule has 2 aromatic rings. The maximum atomic E-state index is 11.5. The minimum atomic E-state index is -0.488. The molecule has 0 spiro atoms. The van der Waals surface area contributed by atoms with Crippen LogP contribution in [0.15, 0.2) is 34.9 Å². The van der Waals surface area contributed by atoms with Gasteiger partial charge < -0.3 is 13.9 Å². The van der Waals surface area contributed by atoms with Crippen molar-refractivity contribution in [2.24, 2.45) is 0 Å². The Morgan fingerprint density at radius 3 is 2.58 bits per heavy atom. The third kappa shape index (κ3) is 3.03. The van der Waals surface area contributed by atoms with Crippen molar-refractivity contribution in [1.29, 1.82) is 0 Å². The second kappa shape index (κ2) is 5.99. The predicted octanol–water partition coefficient (Wildman–Crippen LogP) is 3.95. The summed E-state index contributed by atoms with van der Waals surface area (Å²) in [4.78, 5) is 11.5. The number of ether oxygens (including phenoxy) is 2. The number of rotatable bonds is 4. The molecule has 0 saturated heterocycles. The van der Waals surface area contributed by atoms with Crippen LogP contribution < -0.4 is 4.74 Å². The molecule has 4 nitrogen and oxygen atoms in total. The summed E-state index contributed by atoms with van der Waals surface area (Å²) < 4.78 is 15.3. The molecule has 6 heteroatoms. The summed E-state index contributed by atoms with van der Waals surface area (Å²) in [6.45, 7) is 0.0287. The van der Waals surface area contributed by atoms with Gasteiger partial charge >= 0.3 is 5.97 Å². The summed E-state index contributed by atoms with van der Waals surface area (Å²) in [5, 5.41) is 0.775. The van der Waals surface area contributed by atoms with Crippen LogP contribution in [0.5, 0.6) is 5.75 Å². The Morgan fingerprint density at radius 2 is 1.95 bits per heavy atom. The molecule has 0 saturated carbocycles. The Bertz CT molecular complexity index is 572. The summed E-state index contributed by atoms with van der Waals surface area (Å²) in [6, 6.07) is 6.54. The fraction of sp³-hybridized carbons (Fsp3) is 0.154. The van der Waals surface area contributed by atoms with Crippen molar-refractivity contribution in [3.63, 3.8) is 0 Å². The number of carbonyl (C=O) groups excluding carboxylic acids is 1. The summed E-state index contributed by atoms with van der Waals surface area (Å²) in [5.41, 5.74) is 0.311. The van der Waals surface area contributed by atoms with Gasteiger partial charge in [-0.05, 0) is 18.2 Å². The highest BCUT2D eigenvalue weighted by Crippen LogP contribution is 2.33. The summed E-state index contributed by atoms with van der Waals surface area (Å²) in [6.07, 6.45) is 1.39. The quantitative estimate of drug-likeness (QED) is 0.802. The van der Waals surface area contributed by atoms with Gasteiger partial charge in [0.2, 0.25) is 0 Å². The van der Waals surface area contributed by atoms with Crippen molar-refractivity contribution in [2.45, 2.75) is 6.61 Å². The molecule has 1 aromatic heterocycles. The number of halogens is 2. The van der Waals surface area contributed by atoms with E-state index < -0.39 is 5.97 Å². The predicted molar refractivity (Wildman–Crippen MR) is 70.8 cm³/mol. The minimum absolute atomic E-state index is 0.0287. The fourth-order valence-electron chi connectivity index (χ4n) is 1.50. The fourth-order valence-corrected chi connectivity index (χ4v) is 2.01. The van der Waals surface area contributed by atoms with Gasteiger partial charge in [-0.1, -0.05) is 29.3 Å². The highest BCUT2D eigenvalue weighted by molar-refractivity contribution is 6.37. The van der Waals surface area contributed by atoms with Crippen LogP contribution in [0, 0.1) is 0 Å². The first-order valence-electron chi connectivity index (χ1n) is 5.35. The highest BCUT2D eigenvalue weighted by Gasteiger charge is 2.16. The van der Waals surface area contributed by atoms with Crippen molar-refractivity contribution < 1.29 is 18.7 Å². The van der Waals surface area contributed by atoms with Crippen LogP contribution in [0.25, 0.3) is 0 Å². The van der Waals surface area contributed by atoms with E-state index >= 15 is 0 Å². The lowest BCUT2D eigenvalue weighted by Gasteiger charge is -2.08. The van der Waals surface area contributed by atoms with Gasteiger partial charge in [-0.2, -0.15) is 0 Å². The van der Waals surface area contributed by atoms with Crippen LogP contribution in [0.4, 0.5) is 0 Å². The molecule has 1 heterocycles. The van der Waals surface area contributed by atoms with Crippen LogP contribution in [-0.2, 0) is 11.3 Å². The second-order valence-corrected chi connectivity index (χ2v) is 4.40. The minimum Gasteiger partial charge on any atom is -0.482 e. The molecule has 2 rings (SSSR count). The molecule has 19 heavy (non-hydrogen) atoms. The van der Waals surface area contributed by atoms with Crippen LogP contribution in [-0.4, -0.2) is 13.1 Å². The lowest BCUT2D eigenvalue weighted by atomic mass is 10.2. The molecule has 0 N–H and O–H groups in total. The van der Waals surface area contributed by atoms with Gasteiger partial charge in [0.15, 0.2) is 11.5 Å². The summed E-state index contributed by atoms with van der Waals surface area (Å²) >= 11 is 11.9. The SMILES string of the molecule is COC(=O)c1ccoc1COc1c(Cl)cccc1Cl. The van der Waals surface area contributed by atoms with Gasteiger partial charge in [0, 0.05) is 0 Å². The van der Waals surface area contributed by atoms with E-state index in [4.69, 9.17) is 32.4 Å². The number of hydrogen-bond acceptors (Lipinski definition) is 4. The molecule has 1 aromatic carbocycles. The zero-order valence-corrected chi connectivity index (χ0v) is 11.5. The van der Waals surface area contributed by atoms with Crippen molar-refractivity contribution in [3.8, 4) is 5.75 Å². The first kappa shape index (κ1) is 13.8. The maximum absolute atomic E-state index is 11.5. The van der Waals surface area contributed by atoms with Crippen molar-refractivity contribution in [1.82, 2.24) is 0 Å². The van der Waals surface area contributed by atoms with Gasteiger partial charge in [-0.15, -0.1) is 0 Å². The lowest BCUT2D eigenvalue weighted by molar-refractivity contribution is 0.0595. The molecule has 100 valence electrons. The summed E-state index contributed by atoms with van der Waals surface area (Å²) in [7, 11) is 1.30. The Labute approximate surface area is 119 Å². The number of methoxy groups -OCH3 is 1. The van der Waals surface area contributed by atoms with Crippen LogP contribution >= 0.6 is 23.2 Å². The number of benzene rings is 1. The smallest absolute Gasteiger partial charge is 0.341 e. The van der Waals surface area contributed by atoms with Gasteiger partial charge in [0.25, 0.3) is 0 Å². The average molecular weight is 301 g/mol. The third-order valence-corrected chi connectivity index (χ3v) is 3.01. The molecule has 0 bridgehead atoms. The van der Waals surface area contributed by atoms with E-state index in [1.54, 1.807) is 18.2 Å². The van der Waals surface area contributed by atoms with E-state index in [0.717, 1.165) is 0 Å². The molecule has 0 unspecified atom stereocenters. The van der Waals surface area contributed by atoms with E-state index in [-0.39, 0.29) is 6.61 Å². The van der Waals surface area contributed by atoms with Gasteiger partial charge in [0.1, 0.15) is 12.2 Å². The molecule has 0 atom stereocenters. The first-order chi connectivity index (χ1) is 9.13. The average Bonchev–Trinajstić information content (AvgIpc) is 2.85. The van der Waals surface area contributed by atoms with Crippen LogP contribution in [0.2, 0.25) is 10.0 Å². The molecule has 0 aliphatic rings. The van der Waals surface area contributed by atoms with Crippen LogP contribution in [0.3, 0.4) is 0 Å². The van der Waals surface area contributed by atoms with Crippen molar-refractivity contribution in [3.05, 3.63) is 51.9 Å². The number of hydrogen-bond donors (Lipinski definition) is 0. The van der Waals surface area contributed by atoms with Gasteiger partial charge in [0.05, 0.1) is 23.4 Å². The first-order valence-corrected chi connectivity index (χ1v) is 6.10. The maximum Gasteiger partial charge on any atom is 0.341 e. The van der Waals surface area contributed by atoms with Crippen LogP contribution in [0.1, 0.15) is 16.1 Å². The van der Waals surface area contributed by atoms with Gasteiger partial charge in [-0.25, -0.2) is 4.79 Å². The lowest BCUT2D eigenvalue weighted by Crippen LogP contribution is -2.05. The monoisotopic (exact) mass is 300 g/mol. The normalized spacial score (nSPS) is 10.3. The van der Waals surface area contributed by atoms with E-state index in [0.29, 0.717) is 27.1 Å².